The molecule has 0 saturated carbocycles. The molecule has 5 nitrogen and oxygen atoms in total. The van der Waals surface area contributed by atoms with Gasteiger partial charge in [-0.25, -0.2) is 8.42 Å². The fourth-order valence-electron chi connectivity index (χ4n) is 1.52. The van der Waals surface area contributed by atoms with Crippen molar-refractivity contribution in [3.05, 3.63) is 35.4 Å². The molecule has 0 aromatic heterocycles. The van der Waals surface area contributed by atoms with Crippen LogP contribution < -0.4 is 0 Å². The maximum absolute atomic E-state index is 11.8. The first-order valence-electron chi connectivity index (χ1n) is 5.59. The van der Waals surface area contributed by atoms with Crippen LogP contribution in [0.4, 0.5) is 0 Å². The Balaban J connectivity index is 2.71. The van der Waals surface area contributed by atoms with Crippen LogP contribution in [0.25, 0.3) is 0 Å². The number of carboxylic acid groups (broad SMARTS) is 1. The van der Waals surface area contributed by atoms with Crippen LogP contribution >= 0.6 is 0 Å². The fourth-order valence-corrected chi connectivity index (χ4v) is 4.25. The van der Waals surface area contributed by atoms with E-state index in [0.29, 0.717) is 11.1 Å². The second-order valence-electron chi connectivity index (χ2n) is 4.26. The third-order valence-electron chi connectivity index (χ3n) is 2.46. The Morgan fingerprint density at radius 2 is 1.84 bits per heavy atom. The zero-order valence-corrected chi connectivity index (χ0v) is 12.2. The quantitative estimate of drug-likeness (QED) is 0.797. The van der Waals surface area contributed by atoms with Crippen LogP contribution in [0.3, 0.4) is 0 Å². The number of sulfone groups is 1. The van der Waals surface area contributed by atoms with Crippen molar-refractivity contribution in [1.82, 2.24) is 0 Å². The van der Waals surface area contributed by atoms with Gasteiger partial charge in [0.15, 0.2) is 0 Å². The van der Waals surface area contributed by atoms with Gasteiger partial charge < -0.3 is 5.11 Å². The van der Waals surface area contributed by atoms with Crippen LogP contribution in [0.2, 0.25) is 0 Å². The summed E-state index contributed by atoms with van der Waals surface area (Å²) in [6.45, 7) is 0. The topological polar surface area (TPSA) is 88.5 Å². The molecule has 0 saturated heterocycles. The van der Waals surface area contributed by atoms with Crippen molar-refractivity contribution >= 4 is 26.6 Å². The summed E-state index contributed by atoms with van der Waals surface area (Å²) in [5.74, 6) is -0.825. The molecule has 0 aliphatic heterocycles. The summed E-state index contributed by atoms with van der Waals surface area (Å²) < 4.78 is 33.8. The zero-order chi connectivity index (χ0) is 14.5. The SMILES string of the molecule is CS(=O)(=O)CCS(=O)Cc1ccccc1CC(=O)O. The second-order valence-corrected chi connectivity index (χ2v) is 8.09. The first-order valence-corrected chi connectivity index (χ1v) is 9.14. The van der Waals surface area contributed by atoms with Crippen molar-refractivity contribution in [2.75, 3.05) is 17.8 Å². The van der Waals surface area contributed by atoms with Gasteiger partial charge in [-0.3, -0.25) is 9.00 Å². The van der Waals surface area contributed by atoms with Gasteiger partial charge in [-0.15, -0.1) is 0 Å². The molecule has 1 atom stereocenters. The van der Waals surface area contributed by atoms with Crippen LogP contribution in [0, 0.1) is 0 Å². The highest BCUT2D eigenvalue weighted by Gasteiger charge is 2.11. The molecule has 0 fully saturated rings. The molecule has 0 heterocycles. The fraction of sp³-hybridized carbons (Fsp3) is 0.417. The van der Waals surface area contributed by atoms with Gasteiger partial charge in [-0.1, -0.05) is 24.3 Å². The van der Waals surface area contributed by atoms with E-state index in [1.807, 2.05) is 0 Å². The molecule has 1 aromatic rings. The van der Waals surface area contributed by atoms with Crippen molar-refractivity contribution in [1.29, 1.82) is 0 Å². The third-order valence-corrected chi connectivity index (χ3v) is 4.95. The molecule has 0 amide bonds. The van der Waals surface area contributed by atoms with Crippen molar-refractivity contribution in [2.45, 2.75) is 12.2 Å². The molecule has 106 valence electrons. The van der Waals surface area contributed by atoms with Crippen LogP contribution in [0.15, 0.2) is 24.3 Å². The molecule has 1 aromatic carbocycles. The molecule has 0 aliphatic carbocycles. The maximum Gasteiger partial charge on any atom is 0.307 e. The zero-order valence-electron chi connectivity index (χ0n) is 10.5. The Bertz CT molecular complexity index is 578. The van der Waals surface area contributed by atoms with Gasteiger partial charge in [0.25, 0.3) is 0 Å². The molecule has 1 rings (SSSR count). The lowest BCUT2D eigenvalue weighted by Crippen LogP contribution is -2.13. The van der Waals surface area contributed by atoms with E-state index in [9.17, 15) is 17.4 Å². The molecule has 7 heteroatoms. The number of carbonyl (C=O) groups is 1. The van der Waals surface area contributed by atoms with E-state index in [4.69, 9.17) is 5.11 Å². The number of benzene rings is 1. The predicted molar refractivity (Wildman–Crippen MR) is 74.2 cm³/mol. The van der Waals surface area contributed by atoms with E-state index in [1.165, 1.54) is 0 Å². The minimum absolute atomic E-state index is 0.0697. The minimum Gasteiger partial charge on any atom is -0.481 e. The monoisotopic (exact) mass is 304 g/mol. The van der Waals surface area contributed by atoms with Gasteiger partial charge in [0.05, 0.1) is 12.2 Å². The van der Waals surface area contributed by atoms with E-state index >= 15 is 0 Å². The van der Waals surface area contributed by atoms with Crippen LogP contribution in [0.5, 0.6) is 0 Å². The van der Waals surface area contributed by atoms with Crippen molar-refractivity contribution in [2.24, 2.45) is 0 Å². The molecule has 0 aliphatic rings. The Labute approximate surface area is 115 Å². The van der Waals surface area contributed by atoms with Crippen LogP contribution in [-0.4, -0.2) is 41.5 Å². The Morgan fingerprint density at radius 3 is 2.37 bits per heavy atom. The van der Waals surface area contributed by atoms with Gasteiger partial charge in [0.2, 0.25) is 0 Å². The first kappa shape index (κ1) is 15.8. The molecule has 1 unspecified atom stereocenters. The molecular formula is C12H16O5S2. The van der Waals surface area contributed by atoms with Gasteiger partial charge in [-0.2, -0.15) is 0 Å². The van der Waals surface area contributed by atoms with E-state index in [2.05, 4.69) is 0 Å². The summed E-state index contributed by atoms with van der Waals surface area (Å²) >= 11 is 0. The number of carboxylic acids is 1. The van der Waals surface area contributed by atoms with Gasteiger partial charge in [0, 0.05) is 28.6 Å². The highest BCUT2D eigenvalue weighted by atomic mass is 32.2. The largest absolute Gasteiger partial charge is 0.481 e. The third kappa shape index (κ3) is 6.49. The van der Waals surface area contributed by atoms with Gasteiger partial charge >= 0.3 is 5.97 Å². The molecule has 0 radical (unpaired) electrons. The van der Waals surface area contributed by atoms with E-state index in [1.54, 1.807) is 24.3 Å². The lowest BCUT2D eigenvalue weighted by Gasteiger charge is -2.07. The number of rotatable bonds is 7. The predicted octanol–water partition coefficient (Wildman–Crippen LogP) is 0.607. The van der Waals surface area contributed by atoms with Gasteiger partial charge in [0.1, 0.15) is 9.84 Å². The summed E-state index contributed by atoms with van der Waals surface area (Å²) in [4.78, 5) is 10.7. The second kappa shape index (κ2) is 6.81. The Morgan fingerprint density at radius 1 is 1.26 bits per heavy atom. The van der Waals surface area contributed by atoms with E-state index in [0.717, 1.165) is 6.26 Å². The average Bonchev–Trinajstić information content (AvgIpc) is 2.27. The highest BCUT2D eigenvalue weighted by Crippen LogP contribution is 2.12. The smallest absolute Gasteiger partial charge is 0.307 e. The number of aliphatic carboxylic acids is 1. The van der Waals surface area contributed by atoms with Gasteiger partial charge in [-0.05, 0) is 11.1 Å². The van der Waals surface area contributed by atoms with Crippen molar-refractivity contribution in [3.8, 4) is 0 Å². The lowest BCUT2D eigenvalue weighted by atomic mass is 10.1. The average molecular weight is 304 g/mol. The lowest BCUT2D eigenvalue weighted by molar-refractivity contribution is -0.136. The van der Waals surface area contributed by atoms with Crippen LogP contribution in [0.1, 0.15) is 11.1 Å². The van der Waals surface area contributed by atoms with Crippen molar-refractivity contribution < 1.29 is 22.5 Å². The van der Waals surface area contributed by atoms with Crippen molar-refractivity contribution in [3.63, 3.8) is 0 Å². The molecule has 0 spiro atoms. The standard InChI is InChI=1S/C12H16O5S2/c1-19(16,17)7-6-18(15)9-11-5-3-2-4-10(11)8-12(13)14/h2-5H,6-9H2,1H3,(H,13,14). The molecule has 0 bridgehead atoms. The number of hydrogen-bond acceptors (Lipinski definition) is 4. The highest BCUT2D eigenvalue weighted by molar-refractivity contribution is 7.92. The summed E-state index contributed by atoms with van der Waals surface area (Å²) in [5, 5.41) is 8.78. The summed E-state index contributed by atoms with van der Waals surface area (Å²) in [7, 11) is -4.44. The maximum atomic E-state index is 11.8. The Kier molecular flexibility index (Phi) is 5.68. The van der Waals surface area contributed by atoms with E-state index < -0.39 is 26.6 Å². The molecule has 19 heavy (non-hydrogen) atoms. The van der Waals surface area contributed by atoms with Crippen LogP contribution in [-0.2, 0) is 37.6 Å². The summed E-state index contributed by atoms with van der Waals surface area (Å²) in [6.07, 6.45) is 0.974. The number of hydrogen-bond donors (Lipinski definition) is 1. The normalized spacial score (nSPS) is 13.1. The van der Waals surface area contributed by atoms with E-state index in [-0.39, 0.29) is 23.7 Å². The Hall–Kier alpha value is -1.21. The molecular weight excluding hydrogens is 288 g/mol. The summed E-state index contributed by atoms with van der Waals surface area (Å²) in [6, 6.07) is 6.86. The minimum atomic E-state index is -3.13. The molecule has 1 N–H and O–H groups in total. The summed E-state index contributed by atoms with van der Waals surface area (Å²) in [5.41, 5.74) is 1.31. The first-order chi connectivity index (χ1) is 8.78.